The van der Waals surface area contributed by atoms with Gasteiger partial charge in [-0.15, -0.1) is 0 Å². The first-order valence-electron chi connectivity index (χ1n) is 4.09. The summed E-state index contributed by atoms with van der Waals surface area (Å²) >= 11 is 0. The normalized spacial score (nSPS) is 11.5. The monoisotopic (exact) mass is 195 g/mol. The predicted molar refractivity (Wildman–Crippen MR) is 51.8 cm³/mol. The lowest BCUT2D eigenvalue weighted by Gasteiger charge is -1.99. The minimum atomic E-state index is -0.496. The lowest BCUT2D eigenvalue weighted by atomic mass is 10.1. The summed E-state index contributed by atoms with van der Waals surface area (Å²) < 4.78 is 12.8. The molecule has 0 aliphatic rings. The number of allylic oxidation sites excluding steroid dienone is 1. The molecule has 0 aromatic heterocycles. The molecule has 14 heavy (non-hydrogen) atoms. The number of nitrogens with zero attached hydrogens (tertiary/aromatic N) is 1. The van der Waals surface area contributed by atoms with E-state index in [0.717, 1.165) is 5.56 Å². The van der Waals surface area contributed by atoms with E-state index in [-0.39, 0.29) is 5.70 Å². The summed E-state index contributed by atoms with van der Waals surface area (Å²) in [5, 5.41) is 10.3. The number of rotatable bonds is 2. The van der Waals surface area contributed by atoms with Crippen LogP contribution in [0.4, 0.5) is 4.39 Å². The summed E-state index contributed by atoms with van der Waals surface area (Å²) in [4.78, 5) is 9.85. The molecule has 0 unspecified atom stereocenters. The van der Waals surface area contributed by atoms with E-state index in [1.807, 2.05) is 0 Å². The molecule has 1 aromatic carbocycles. The number of nitro groups is 1. The third kappa shape index (κ3) is 2.39. The van der Waals surface area contributed by atoms with Crippen molar-refractivity contribution in [1.29, 1.82) is 0 Å². The number of aryl methyl sites for hydroxylation is 1. The number of halogens is 1. The van der Waals surface area contributed by atoms with Gasteiger partial charge in [0.1, 0.15) is 5.82 Å². The van der Waals surface area contributed by atoms with Gasteiger partial charge < -0.3 is 0 Å². The van der Waals surface area contributed by atoms with Gasteiger partial charge >= 0.3 is 0 Å². The summed E-state index contributed by atoms with van der Waals surface area (Å²) in [7, 11) is 0. The van der Waals surface area contributed by atoms with Crippen molar-refractivity contribution >= 4 is 6.08 Å². The third-order valence-corrected chi connectivity index (χ3v) is 1.89. The second-order valence-electron chi connectivity index (χ2n) is 3.04. The van der Waals surface area contributed by atoms with Gasteiger partial charge in [0, 0.05) is 13.0 Å². The SMILES string of the molecule is CC(=Cc1cc(F)ccc1C)[N+](=O)[O-]. The average molecular weight is 195 g/mol. The largest absolute Gasteiger partial charge is 0.259 e. The quantitative estimate of drug-likeness (QED) is 0.538. The van der Waals surface area contributed by atoms with Crippen LogP contribution in [-0.4, -0.2) is 4.92 Å². The summed E-state index contributed by atoms with van der Waals surface area (Å²) in [6.07, 6.45) is 1.36. The highest BCUT2D eigenvalue weighted by Crippen LogP contribution is 2.14. The molecule has 0 saturated heterocycles. The molecule has 1 rings (SSSR count). The van der Waals surface area contributed by atoms with E-state index >= 15 is 0 Å². The van der Waals surface area contributed by atoms with Crippen molar-refractivity contribution in [1.82, 2.24) is 0 Å². The van der Waals surface area contributed by atoms with Crippen LogP contribution in [-0.2, 0) is 0 Å². The molecule has 74 valence electrons. The van der Waals surface area contributed by atoms with Crippen molar-refractivity contribution < 1.29 is 9.31 Å². The van der Waals surface area contributed by atoms with Gasteiger partial charge in [-0.2, -0.15) is 0 Å². The van der Waals surface area contributed by atoms with Gasteiger partial charge in [0.15, 0.2) is 0 Å². The van der Waals surface area contributed by atoms with Gasteiger partial charge in [-0.1, -0.05) is 6.07 Å². The zero-order chi connectivity index (χ0) is 10.7. The molecule has 0 heterocycles. The second-order valence-corrected chi connectivity index (χ2v) is 3.04. The van der Waals surface area contributed by atoms with E-state index in [1.54, 1.807) is 13.0 Å². The predicted octanol–water partition coefficient (Wildman–Crippen LogP) is 2.77. The van der Waals surface area contributed by atoms with E-state index in [4.69, 9.17) is 0 Å². The molecule has 0 atom stereocenters. The molecule has 0 N–H and O–H groups in total. The first-order valence-corrected chi connectivity index (χ1v) is 4.09. The highest BCUT2D eigenvalue weighted by Gasteiger charge is 2.04. The molecule has 0 aliphatic carbocycles. The van der Waals surface area contributed by atoms with Crippen molar-refractivity contribution in [2.45, 2.75) is 13.8 Å². The van der Waals surface area contributed by atoms with Crippen LogP contribution < -0.4 is 0 Å². The van der Waals surface area contributed by atoms with Crippen molar-refractivity contribution in [3.8, 4) is 0 Å². The van der Waals surface area contributed by atoms with Gasteiger partial charge in [-0.3, -0.25) is 10.1 Å². The molecule has 0 radical (unpaired) electrons. The first kappa shape index (κ1) is 10.4. The van der Waals surface area contributed by atoms with Crippen LogP contribution in [0.15, 0.2) is 23.9 Å². The second kappa shape index (κ2) is 4.00. The van der Waals surface area contributed by atoms with Crippen LogP contribution in [0.2, 0.25) is 0 Å². The zero-order valence-electron chi connectivity index (χ0n) is 7.95. The lowest BCUT2D eigenvalue weighted by molar-refractivity contribution is -0.422. The highest BCUT2D eigenvalue weighted by atomic mass is 19.1. The van der Waals surface area contributed by atoms with E-state index in [0.29, 0.717) is 5.56 Å². The Labute approximate surface area is 81.0 Å². The van der Waals surface area contributed by atoms with E-state index < -0.39 is 10.7 Å². The number of benzene rings is 1. The Morgan fingerprint density at radius 2 is 2.21 bits per heavy atom. The van der Waals surface area contributed by atoms with Crippen LogP contribution in [0.1, 0.15) is 18.1 Å². The fraction of sp³-hybridized carbons (Fsp3) is 0.200. The smallest absolute Gasteiger partial charge is 0.243 e. The number of hydrogen-bond acceptors (Lipinski definition) is 2. The van der Waals surface area contributed by atoms with Crippen molar-refractivity contribution in [3.63, 3.8) is 0 Å². The Hall–Kier alpha value is -1.71. The summed E-state index contributed by atoms with van der Waals surface area (Å²) in [5.41, 5.74) is 1.35. The molecule has 0 fully saturated rings. The minimum Gasteiger partial charge on any atom is -0.259 e. The van der Waals surface area contributed by atoms with Gasteiger partial charge in [0.05, 0.1) is 4.92 Å². The maximum atomic E-state index is 12.8. The summed E-state index contributed by atoms with van der Waals surface area (Å²) in [6, 6.07) is 4.20. The van der Waals surface area contributed by atoms with Crippen LogP contribution in [0.3, 0.4) is 0 Å². The van der Waals surface area contributed by atoms with Gasteiger partial charge in [0.25, 0.3) is 0 Å². The summed E-state index contributed by atoms with van der Waals surface area (Å²) in [5.74, 6) is -0.391. The molecule has 0 bridgehead atoms. The van der Waals surface area contributed by atoms with Crippen LogP contribution in [0.25, 0.3) is 6.08 Å². The maximum absolute atomic E-state index is 12.8. The Balaban J connectivity index is 3.13. The Morgan fingerprint density at radius 3 is 2.79 bits per heavy atom. The van der Waals surface area contributed by atoms with Crippen molar-refractivity contribution in [2.24, 2.45) is 0 Å². The van der Waals surface area contributed by atoms with Gasteiger partial charge in [0.2, 0.25) is 5.70 Å². The minimum absolute atomic E-state index is 0.00120. The third-order valence-electron chi connectivity index (χ3n) is 1.89. The molecular formula is C10H10FNO2. The standard InChI is InChI=1S/C10H10FNO2/c1-7-3-4-10(11)6-9(7)5-8(2)12(13)14/h3-6H,1-2H3. The molecule has 1 aromatic rings. The molecule has 4 heteroatoms. The first-order chi connectivity index (χ1) is 6.50. The van der Waals surface area contributed by atoms with Gasteiger partial charge in [-0.25, -0.2) is 4.39 Å². The van der Waals surface area contributed by atoms with Crippen LogP contribution >= 0.6 is 0 Å². The molecule has 0 saturated carbocycles. The van der Waals surface area contributed by atoms with Crippen LogP contribution in [0, 0.1) is 22.9 Å². The Morgan fingerprint density at radius 1 is 1.57 bits per heavy atom. The van der Waals surface area contributed by atoms with E-state index in [1.165, 1.54) is 25.1 Å². The zero-order valence-corrected chi connectivity index (χ0v) is 7.95. The van der Waals surface area contributed by atoms with E-state index in [9.17, 15) is 14.5 Å². The van der Waals surface area contributed by atoms with E-state index in [2.05, 4.69) is 0 Å². The Bertz CT molecular complexity index is 399. The van der Waals surface area contributed by atoms with Crippen LogP contribution in [0.5, 0.6) is 0 Å². The Kier molecular flexibility index (Phi) is 2.96. The summed E-state index contributed by atoms with van der Waals surface area (Å²) in [6.45, 7) is 3.16. The molecule has 0 aliphatic heterocycles. The molecular weight excluding hydrogens is 185 g/mol. The molecule has 0 amide bonds. The topological polar surface area (TPSA) is 43.1 Å². The maximum Gasteiger partial charge on any atom is 0.243 e. The van der Waals surface area contributed by atoms with Crippen molar-refractivity contribution in [3.05, 3.63) is 51.0 Å². The van der Waals surface area contributed by atoms with Gasteiger partial charge in [-0.05, 0) is 30.2 Å². The molecule has 0 spiro atoms. The number of hydrogen-bond donors (Lipinski definition) is 0. The fourth-order valence-corrected chi connectivity index (χ4v) is 1.04. The molecule has 3 nitrogen and oxygen atoms in total. The van der Waals surface area contributed by atoms with Crippen molar-refractivity contribution in [2.75, 3.05) is 0 Å². The average Bonchev–Trinajstić information content (AvgIpc) is 2.11. The lowest BCUT2D eigenvalue weighted by Crippen LogP contribution is -1.94. The fourth-order valence-electron chi connectivity index (χ4n) is 1.04. The highest BCUT2D eigenvalue weighted by molar-refractivity contribution is 5.54.